The fraction of sp³-hybridized carbons (Fsp3) is 0. The first-order valence-electron chi connectivity index (χ1n) is 6.32. The summed E-state index contributed by atoms with van der Waals surface area (Å²) in [6.45, 7) is 0. The van der Waals surface area contributed by atoms with Gasteiger partial charge in [0.15, 0.2) is 0 Å². The van der Waals surface area contributed by atoms with E-state index in [1.165, 1.54) is 6.20 Å². The van der Waals surface area contributed by atoms with E-state index < -0.39 is 5.97 Å². The molecule has 0 aliphatic rings. The number of aromatic carboxylic acids is 1. The number of pyridine rings is 2. The normalized spacial score (nSPS) is 10.0. The lowest BCUT2D eigenvalue weighted by Crippen LogP contribution is -1.99. The molecule has 9 nitrogen and oxygen atoms in total. The highest BCUT2D eigenvalue weighted by atomic mass is 16.5. The van der Waals surface area contributed by atoms with Crippen molar-refractivity contribution < 1.29 is 14.6 Å². The second-order valence-electron chi connectivity index (χ2n) is 4.32. The highest BCUT2D eigenvalue weighted by Crippen LogP contribution is 2.23. The van der Waals surface area contributed by atoms with Crippen LogP contribution in [0.25, 0.3) is 11.3 Å². The molecule has 23 heavy (non-hydrogen) atoms. The zero-order valence-electron chi connectivity index (χ0n) is 11.5. The number of hydrogen-bond donors (Lipinski definition) is 2. The topological polar surface area (TPSA) is 138 Å². The van der Waals surface area contributed by atoms with Crippen LogP contribution in [-0.4, -0.2) is 36.5 Å². The maximum absolute atomic E-state index is 10.9. The van der Waals surface area contributed by atoms with Crippen molar-refractivity contribution in [2.75, 3.05) is 0 Å². The van der Waals surface area contributed by atoms with Gasteiger partial charge in [0.1, 0.15) is 17.5 Å². The summed E-state index contributed by atoms with van der Waals surface area (Å²) in [6, 6.07) is 8.57. The third-order valence-corrected chi connectivity index (χ3v) is 2.85. The van der Waals surface area contributed by atoms with Crippen molar-refractivity contribution in [1.82, 2.24) is 25.4 Å². The number of carbonyl (C=O) groups is 1. The molecule has 0 aliphatic heterocycles. The van der Waals surface area contributed by atoms with E-state index in [0.29, 0.717) is 17.1 Å². The maximum Gasteiger partial charge on any atom is 0.362 e. The highest BCUT2D eigenvalue weighted by Gasteiger charge is 2.16. The van der Waals surface area contributed by atoms with Crippen molar-refractivity contribution >= 4 is 5.97 Å². The number of rotatable bonds is 4. The molecule has 0 radical (unpaired) electrons. The Kier molecular flexibility index (Phi) is 3.63. The molecule has 0 amide bonds. The van der Waals surface area contributed by atoms with Crippen LogP contribution in [0.2, 0.25) is 0 Å². The molecule has 2 N–H and O–H groups in total. The van der Waals surface area contributed by atoms with Gasteiger partial charge in [-0.15, -0.1) is 5.10 Å². The Morgan fingerprint density at radius 2 is 2.09 bits per heavy atom. The van der Waals surface area contributed by atoms with Crippen molar-refractivity contribution in [3.8, 4) is 29.0 Å². The minimum absolute atomic E-state index is 0.0768. The minimum atomic E-state index is -1.25. The van der Waals surface area contributed by atoms with E-state index in [1.54, 1.807) is 30.5 Å². The Morgan fingerprint density at radius 1 is 1.22 bits per heavy atom. The molecule has 112 valence electrons. The van der Waals surface area contributed by atoms with Gasteiger partial charge in [-0.2, -0.15) is 5.26 Å². The van der Waals surface area contributed by atoms with Crippen LogP contribution >= 0.6 is 0 Å². The van der Waals surface area contributed by atoms with Crippen LogP contribution < -0.4 is 4.74 Å². The van der Waals surface area contributed by atoms with E-state index in [0.717, 1.165) is 5.56 Å². The number of nitrogens with zero attached hydrogens (tertiary/aromatic N) is 5. The summed E-state index contributed by atoms with van der Waals surface area (Å²) in [5.74, 6) is -1.00. The van der Waals surface area contributed by atoms with Gasteiger partial charge in [0.2, 0.25) is 5.69 Å². The number of nitrogens with one attached hydrogen (secondary N) is 1. The summed E-state index contributed by atoms with van der Waals surface area (Å²) in [5, 5.41) is 26.8. The molecule has 0 bridgehead atoms. The summed E-state index contributed by atoms with van der Waals surface area (Å²) in [6.07, 6.45) is 2.97. The summed E-state index contributed by atoms with van der Waals surface area (Å²) >= 11 is 0. The average molecular weight is 308 g/mol. The molecule has 3 rings (SSSR count). The molecule has 0 saturated carbocycles. The average Bonchev–Trinajstić information content (AvgIpc) is 3.04. The van der Waals surface area contributed by atoms with E-state index in [2.05, 4.69) is 25.4 Å². The van der Waals surface area contributed by atoms with E-state index in [-0.39, 0.29) is 11.6 Å². The number of H-pyrrole nitrogens is 1. The first-order chi connectivity index (χ1) is 11.2. The van der Waals surface area contributed by atoms with Gasteiger partial charge in [0.25, 0.3) is 5.88 Å². The standard InChI is InChI=1S/C14H8N6O3/c15-5-9-2-1-8(6-16-9)11-4-3-10(7-17-11)23-13-12(14(21)22)18-20-19-13/h1-4,6-7H,(H,21,22)(H,18,19,20). The fourth-order valence-corrected chi connectivity index (χ4v) is 1.77. The predicted molar refractivity (Wildman–Crippen MR) is 75.6 cm³/mol. The number of carboxylic acids is 1. The minimum Gasteiger partial charge on any atom is -0.476 e. The van der Waals surface area contributed by atoms with Crippen LogP contribution in [0.3, 0.4) is 0 Å². The Morgan fingerprint density at radius 3 is 2.70 bits per heavy atom. The monoisotopic (exact) mass is 308 g/mol. The predicted octanol–water partition coefficient (Wildman–Crippen LogP) is 1.62. The third kappa shape index (κ3) is 2.96. The van der Waals surface area contributed by atoms with E-state index in [9.17, 15) is 4.79 Å². The maximum atomic E-state index is 10.9. The van der Waals surface area contributed by atoms with Gasteiger partial charge in [0, 0.05) is 11.8 Å². The Balaban J connectivity index is 1.80. The Hall–Kier alpha value is -3.80. The molecule has 0 fully saturated rings. The second-order valence-corrected chi connectivity index (χ2v) is 4.32. The lowest BCUT2D eigenvalue weighted by molar-refractivity contribution is 0.0687. The molecule has 0 aliphatic carbocycles. The molecule has 0 spiro atoms. The van der Waals surface area contributed by atoms with Gasteiger partial charge in [-0.05, 0) is 24.3 Å². The molecular formula is C14H8N6O3. The first kappa shape index (κ1) is 14.2. The van der Waals surface area contributed by atoms with Gasteiger partial charge in [-0.1, -0.05) is 5.21 Å². The SMILES string of the molecule is N#Cc1ccc(-c2ccc(Oc3[nH]nnc3C(=O)O)cn2)cn1. The van der Waals surface area contributed by atoms with Crippen molar-refractivity contribution in [2.45, 2.75) is 0 Å². The van der Waals surface area contributed by atoms with Crippen LogP contribution in [0.4, 0.5) is 0 Å². The fourth-order valence-electron chi connectivity index (χ4n) is 1.77. The van der Waals surface area contributed by atoms with Crippen LogP contribution in [0.1, 0.15) is 16.2 Å². The Labute approximate surface area is 129 Å². The second kappa shape index (κ2) is 5.90. The molecule has 9 heteroatoms. The number of ether oxygens (including phenoxy) is 1. The molecular weight excluding hydrogens is 300 g/mol. The summed E-state index contributed by atoms with van der Waals surface area (Å²) in [7, 11) is 0. The number of aromatic nitrogens is 5. The Bertz CT molecular complexity index is 880. The van der Waals surface area contributed by atoms with Crippen LogP contribution in [0.5, 0.6) is 11.6 Å². The number of carboxylic acid groups (broad SMARTS) is 1. The van der Waals surface area contributed by atoms with Gasteiger partial charge in [-0.3, -0.25) is 4.98 Å². The number of hydrogen-bond acceptors (Lipinski definition) is 7. The number of nitriles is 1. The van der Waals surface area contributed by atoms with Crippen LogP contribution in [0.15, 0.2) is 36.7 Å². The molecule has 3 aromatic heterocycles. The molecule has 3 aromatic rings. The van der Waals surface area contributed by atoms with Crippen molar-refractivity contribution in [3.63, 3.8) is 0 Å². The van der Waals surface area contributed by atoms with Gasteiger partial charge in [0.05, 0.1) is 11.9 Å². The zero-order chi connectivity index (χ0) is 16.2. The van der Waals surface area contributed by atoms with Gasteiger partial charge >= 0.3 is 5.97 Å². The molecule has 0 unspecified atom stereocenters. The summed E-state index contributed by atoms with van der Waals surface area (Å²) in [4.78, 5) is 19.1. The quantitative estimate of drug-likeness (QED) is 0.741. The number of aromatic amines is 1. The van der Waals surface area contributed by atoms with Crippen molar-refractivity contribution in [2.24, 2.45) is 0 Å². The van der Waals surface area contributed by atoms with E-state index in [1.807, 2.05) is 6.07 Å². The molecule has 0 aromatic carbocycles. The molecule has 3 heterocycles. The van der Waals surface area contributed by atoms with Gasteiger partial charge in [-0.25, -0.2) is 14.9 Å². The van der Waals surface area contributed by atoms with E-state index in [4.69, 9.17) is 15.1 Å². The lowest BCUT2D eigenvalue weighted by Gasteiger charge is -2.04. The van der Waals surface area contributed by atoms with Gasteiger partial charge < -0.3 is 9.84 Å². The summed E-state index contributed by atoms with van der Waals surface area (Å²) in [5.41, 5.74) is 1.38. The zero-order valence-corrected chi connectivity index (χ0v) is 11.5. The highest BCUT2D eigenvalue weighted by molar-refractivity contribution is 5.87. The largest absolute Gasteiger partial charge is 0.476 e. The van der Waals surface area contributed by atoms with Crippen LogP contribution in [-0.2, 0) is 0 Å². The van der Waals surface area contributed by atoms with E-state index >= 15 is 0 Å². The molecule has 0 atom stereocenters. The summed E-state index contributed by atoms with van der Waals surface area (Å²) < 4.78 is 5.36. The smallest absolute Gasteiger partial charge is 0.362 e. The first-order valence-corrected chi connectivity index (χ1v) is 6.32. The lowest BCUT2D eigenvalue weighted by atomic mass is 10.2. The molecule has 0 saturated heterocycles. The third-order valence-electron chi connectivity index (χ3n) is 2.85. The van der Waals surface area contributed by atoms with Crippen molar-refractivity contribution in [1.29, 1.82) is 5.26 Å². The van der Waals surface area contributed by atoms with Crippen molar-refractivity contribution in [3.05, 3.63) is 48.0 Å². The van der Waals surface area contributed by atoms with Crippen LogP contribution in [0, 0.1) is 11.3 Å².